The predicted octanol–water partition coefficient (Wildman–Crippen LogP) is 4.30. The molecule has 0 fully saturated rings. The topological polar surface area (TPSA) is 50.2 Å². The largest absolute Gasteiger partial charge is 0.322 e. The first-order valence-electron chi connectivity index (χ1n) is 8.40. The number of para-hydroxylation sites is 1. The number of benzene rings is 2. The second-order valence-electron chi connectivity index (χ2n) is 6.10. The molecule has 6 heteroatoms. The Morgan fingerprint density at radius 2 is 1.92 bits per heavy atom. The highest BCUT2D eigenvalue weighted by Gasteiger charge is 2.20. The Morgan fingerprint density at radius 3 is 2.65 bits per heavy atom. The Morgan fingerprint density at radius 1 is 1.19 bits per heavy atom. The highest BCUT2D eigenvalue weighted by molar-refractivity contribution is 5.90. The number of anilines is 1. The fourth-order valence-electron chi connectivity index (χ4n) is 2.75. The molecule has 0 aliphatic rings. The zero-order chi connectivity index (χ0) is 18.5. The molecule has 1 heterocycles. The minimum absolute atomic E-state index is 0.298. The smallest absolute Gasteiger partial charge is 0.321 e. The van der Waals surface area contributed by atoms with Crippen molar-refractivity contribution in [3.63, 3.8) is 0 Å². The van der Waals surface area contributed by atoms with Crippen LogP contribution in [0.2, 0.25) is 0 Å². The molecule has 0 saturated heterocycles. The zero-order valence-corrected chi connectivity index (χ0v) is 14.8. The van der Waals surface area contributed by atoms with Gasteiger partial charge in [-0.3, -0.25) is 4.68 Å². The number of halogens is 1. The molecule has 1 aromatic heterocycles. The van der Waals surface area contributed by atoms with Gasteiger partial charge in [0.1, 0.15) is 5.82 Å². The predicted molar refractivity (Wildman–Crippen MR) is 99.4 cm³/mol. The molecule has 2 amide bonds. The summed E-state index contributed by atoms with van der Waals surface area (Å²) in [4.78, 5) is 14.2. The fraction of sp³-hybridized carbons (Fsp3) is 0.200. The van der Waals surface area contributed by atoms with Crippen LogP contribution in [0.25, 0.3) is 0 Å². The van der Waals surface area contributed by atoms with Gasteiger partial charge in [0.15, 0.2) is 0 Å². The Kier molecular flexibility index (Phi) is 5.31. The number of nitrogens with zero attached hydrogens (tertiary/aromatic N) is 3. The SMILES string of the molecule is CC(c1ccccc1F)N(C)C(=O)Nc1ccccc1Cn1cccn1. The van der Waals surface area contributed by atoms with E-state index in [0.717, 1.165) is 5.56 Å². The third kappa shape index (κ3) is 3.91. The Hall–Kier alpha value is -3.15. The van der Waals surface area contributed by atoms with Gasteiger partial charge in [-0.2, -0.15) is 5.10 Å². The number of hydrogen-bond acceptors (Lipinski definition) is 2. The normalized spacial score (nSPS) is 11.8. The molecule has 26 heavy (non-hydrogen) atoms. The van der Waals surface area contributed by atoms with Crippen molar-refractivity contribution in [3.8, 4) is 0 Å². The van der Waals surface area contributed by atoms with Crippen molar-refractivity contribution in [2.75, 3.05) is 12.4 Å². The number of carbonyl (C=O) groups excluding carboxylic acids is 1. The molecule has 0 radical (unpaired) electrons. The molecular weight excluding hydrogens is 331 g/mol. The molecule has 0 saturated carbocycles. The number of urea groups is 1. The summed E-state index contributed by atoms with van der Waals surface area (Å²) in [5, 5.41) is 7.11. The molecule has 1 N–H and O–H groups in total. The van der Waals surface area contributed by atoms with Crippen LogP contribution in [0.15, 0.2) is 67.0 Å². The molecule has 0 aliphatic carbocycles. The first kappa shape index (κ1) is 17.7. The van der Waals surface area contributed by atoms with Gasteiger partial charge in [-0.1, -0.05) is 36.4 Å². The van der Waals surface area contributed by atoms with Crippen LogP contribution in [0, 0.1) is 5.82 Å². The first-order chi connectivity index (χ1) is 12.6. The number of nitrogens with one attached hydrogen (secondary N) is 1. The van der Waals surface area contributed by atoms with E-state index < -0.39 is 6.04 Å². The lowest BCUT2D eigenvalue weighted by Gasteiger charge is -2.26. The highest BCUT2D eigenvalue weighted by atomic mass is 19.1. The molecular formula is C20H21FN4O. The second kappa shape index (κ2) is 7.82. The third-order valence-corrected chi connectivity index (χ3v) is 4.41. The standard InChI is InChI=1S/C20H21FN4O/c1-15(17-9-4-5-10-18(17)21)24(2)20(26)23-19-11-6-3-8-16(19)14-25-13-7-12-22-25/h3-13,15H,14H2,1-2H3,(H,23,26). The molecule has 0 spiro atoms. The lowest BCUT2D eigenvalue weighted by molar-refractivity contribution is 0.207. The van der Waals surface area contributed by atoms with Crippen molar-refractivity contribution >= 4 is 11.7 Å². The number of rotatable bonds is 5. The van der Waals surface area contributed by atoms with Gasteiger partial charge in [-0.15, -0.1) is 0 Å². The van der Waals surface area contributed by atoms with Crippen LogP contribution < -0.4 is 5.32 Å². The summed E-state index contributed by atoms with van der Waals surface area (Å²) < 4.78 is 15.8. The first-order valence-corrected chi connectivity index (χ1v) is 8.40. The maximum absolute atomic E-state index is 14.0. The van der Waals surface area contributed by atoms with Gasteiger partial charge in [0.05, 0.1) is 12.6 Å². The van der Waals surface area contributed by atoms with E-state index in [1.807, 2.05) is 36.5 Å². The van der Waals surface area contributed by atoms with Gasteiger partial charge in [-0.25, -0.2) is 9.18 Å². The summed E-state index contributed by atoms with van der Waals surface area (Å²) in [7, 11) is 1.66. The van der Waals surface area contributed by atoms with E-state index in [9.17, 15) is 9.18 Å². The number of amides is 2. The molecule has 1 atom stereocenters. The quantitative estimate of drug-likeness (QED) is 0.744. The average Bonchev–Trinajstić information content (AvgIpc) is 3.15. The van der Waals surface area contributed by atoms with Crippen LogP contribution in [-0.4, -0.2) is 27.8 Å². The van der Waals surface area contributed by atoms with Crippen LogP contribution in [0.3, 0.4) is 0 Å². The number of hydrogen-bond donors (Lipinski definition) is 1. The monoisotopic (exact) mass is 352 g/mol. The summed E-state index contributed by atoms with van der Waals surface area (Å²) in [6, 6.07) is 15.2. The van der Waals surface area contributed by atoms with E-state index in [-0.39, 0.29) is 11.8 Å². The number of aromatic nitrogens is 2. The molecule has 0 bridgehead atoms. The lowest BCUT2D eigenvalue weighted by Crippen LogP contribution is -2.34. The minimum Gasteiger partial charge on any atom is -0.321 e. The average molecular weight is 352 g/mol. The van der Waals surface area contributed by atoms with Gasteiger partial charge < -0.3 is 10.2 Å². The van der Waals surface area contributed by atoms with Crippen molar-refractivity contribution in [3.05, 3.63) is 83.9 Å². The van der Waals surface area contributed by atoms with E-state index >= 15 is 0 Å². The molecule has 2 aromatic carbocycles. The second-order valence-corrected chi connectivity index (χ2v) is 6.10. The van der Waals surface area contributed by atoms with Crippen LogP contribution in [0.1, 0.15) is 24.1 Å². The van der Waals surface area contributed by atoms with Crippen molar-refractivity contribution in [1.82, 2.24) is 14.7 Å². The fourth-order valence-corrected chi connectivity index (χ4v) is 2.75. The van der Waals surface area contributed by atoms with Crippen molar-refractivity contribution < 1.29 is 9.18 Å². The van der Waals surface area contributed by atoms with Crippen molar-refractivity contribution in [2.45, 2.75) is 19.5 Å². The van der Waals surface area contributed by atoms with Gasteiger partial charge in [0, 0.05) is 30.7 Å². The highest BCUT2D eigenvalue weighted by Crippen LogP contribution is 2.23. The summed E-state index contributed by atoms with van der Waals surface area (Å²) in [6.45, 7) is 2.35. The summed E-state index contributed by atoms with van der Waals surface area (Å²) >= 11 is 0. The summed E-state index contributed by atoms with van der Waals surface area (Å²) in [6.07, 6.45) is 3.58. The van der Waals surface area contributed by atoms with Crippen LogP contribution in [0.5, 0.6) is 0 Å². The maximum Gasteiger partial charge on any atom is 0.322 e. The summed E-state index contributed by atoms with van der Waals surface area (Å²) in [5.41, 5.74) is 2.13. The Bertz CT molecular complexity index is 879. The third-order valence-electron chi connectivity index (χ3n) is 4.41. The Balaban J connectivity index is 1.74. The molecule has 134 valence electrons. The van der Waals surface area contributed by atoms with Gasteiger partial charge in [-0.05, 0) is 30.7 Å². The van der Waals surface area contributed by atoms with E-state index in [4.69, 9.17) is 0 Å². The molecule has 0 aliphatic heterocycles. The molecule has 1 unspecified atom stereocenters. The molecule has 3 aromatic rings. The minimum atomic E-state index is -0.394. The lowest BCUT2D eigenvalue weighted by atomic mass is 10.1. The molecule has 5 nitrogen and oxygen atoms in total. The van der Waals surface area contributed by atoms with Crippen molar-refractivity contribution in [2.24, 2.45) is 0 Å². The van der Waals surface area contributed by atoms with Gasteiger partial charge in [0.2, 0.25) is 0 Å². The maximum atomic E-state index is 14.0. The van der Waals surface area contributed by atoms with Crippen LogP contribution in [-0.2, 0) is 6.54 Å². The zero-order valence-electron chi connectivity index (χ0n) is 14.8. The Labute approximate surface area is 152 Å². The van der Waals surface area contributed by atoms with E-state index in [2.05, 4.69) is 10.4 Å². The summed E-state index contributed by atoms with van der Waals surface area (Å²) in [5.74, 6) is -0.321. The van der Waals surface area contributed by atoms with Crippen LogP contribution >= 0.6 is 0 Å². The van der Waals surface area contributed by atoms with Gasteiger partial charge >= 0.3 is 6.03 Å². The van der Waals surface area contributed by atoms with Gasteiger partial charge in [0.25, 0.3) is 0 Å². The van der Waals surface area contributed by atoms with E-state index in [0.29, 0.717) is 17.8 Å². The number of carbonyl (C=O) groups is 1. The van der Waals surface area contributed by atoms with E-state index in [1.165, 1.54) is 11.0 Å². The van der Waals surface area contributed by atoms with Crippen LogP contribution in [0.4, 0.5) is 14.9 Å². The van der Waals surface area contributed by atoms with E-state index in [1.54, 1.807) is 43.0 Å². The van der Waals surface area contributed by atoms with Crippen molar-refractivity contribution in [1.29, 1.82) is 0 Å². The molecule has 3 rings (SSSR count).